The first-order chi connectivity index (χ1) is 7.20. The minimum absolute atomic E-state index is 0. The van der Waals surface area contributed by atoms with Gasteiger partial charge < -0.3 is 10.4 Å². The molecule has 98 valence electrons. The van der Waals surface area contributed by atoms with Gasteiger partial charge in [0, 0.05) is 20.2 Å². The van der Waals surface area contributed by atoms with Crippen LogP contribution in [0.2, 0.25) is 0 Å². The SMILES string of the molecule is Cc1cc(N(C)C)nc(N)[n+]1OS(=O)(=O)O.[OH-]. The number of hydrogen-bond donors (Lipinski definition) is 2. The fourth-order valence-electron chi connectivity index (χ4n) is 1.04. The lowest BCUT2D eigenvalue weighted by atomic mass is 10.4. The van der Waals surface area contributed by atoms with Crippen molar-refractivity contribution >= 4 is 22.2 Å². The summed E-state index contributed by atoms with van der Waals surface area (Å²) >= 11 is 0. The molecule has 1 heterocycles. The van der Waals surface area contributed by atoms with E-state index in [9.17, 15) is 8.42 Å². The molecule has 17 heavy (non-hydrogen) atoms. The van der Waals surface area contributed by atoms with E-state index in [2.05, 4.69) is 9.27 Å². The number of nitrogens with two attached hydrogens (primary N) is 1. The third-order valence-electron chi connectivity index (χ3n) is 1.72. The quantitative estimate of drug-likeness (QED) is 0.491. The maximum absolute atomic E-state index is 10.5. The van der Waals surface area contributed by atoms with Crippen molar-refractivity contribution in [3.8, 4) is 0 Å². The Balaban J connectivity index is 0.00000256. The van der Waals surface area contributed by atoms with Gasteiger partial charge in [-0.05, 0) is 11.7 Å². The molecular formula is C7H14N4O5S. The predicted molar refractivity (Wildman–Crippen MR) is 58.0 cm³/mol. The lowest BCUT2D eigenvalue weighted by Gasteiger charge is -2.10. The van der Waals surface area contributed by atoms with Crippen LogP contribution in [-0.2, 0) is 10.4 Å². The third kappa shape index (κ3) is 4.01. The Kier molecular flexibility index (Phi) is 4.62. The van der Waals surface area contributed by atoms with E-state index in [4.69, 9.17) is 10.3 Å². The predicted octanol–water partition coefficient (Wildman–Crippen LogP) is -1.62. The number of nitrogens with zero attached hydrogens (tertiary/aromatic N) is 3. The van der Waals surface area contributed by atoms with E-state index >= 15 is 0 Å². The van der Waals surface area contributed by atoms with E-state index in [1.165, 1.54) is 0 Å². The van der Waals surface area contributed by atoms with Gasteiger partial charge in [-0.2, -0.15) is 8.42 Å². The summed E-state index contributed by atoms with van der Waals surface area (Å²) in [5.74, 6) is 0.367. The molecule has 1 rings (SSSR count). The van der Waals surface area contributed by atoms with Crippen molar-refractivity contribution < 1.29 is 27.5 Å². The number of aromatic nitrogens is 2. The molecule has 0 amide bonds. The highest BCUT2D eigenvalue weighted by Gasteiger charge is 2.20. The summed E-state index contributed by atoms with van der Waals surface area (Å²) in [5.41, 5.74) is 5.87. The van der Waals surface area contributed by atoms with Gasteiger partial charge in [0.2, 0.25) is 5.82 Å². The van der Waals surface area contributed by atoms with Crippen molar-refractivity contribution in [2.75, 3.05) is 24.7 Å². The number of rotatable bonds is 3. The topological polar surface area (TPSA) is 140 Å². The molecule has 0 unspecified atom stereocenters. The molecule has 0 bridgehead atoms. The maximum atomic E-state index is 10.5. The van der Waals surface area contributed by atoms with Gasteiger partial charge in [-0.15, -0.1) is 0 Å². The van der Waals surface area contributed by atoms with Crippen LogP contribution in [0.25, 0.3) is 0 Å². The van der Waals surface area contributed by atoms with E-state index in [0.29, 0.717) is 11.5 Å². The maximum Gasteiger partial charge on any atom is 0.476 e. The molecule has 4 N–H and O–H groups in total. The van der Waals surface area contributed by atoms with Crippen LogP contribution in [0.5, 0.6) is 0 Å². The van der Waals surface area contributed by atoms with E-state index in [-0.39, 0.29) is 11.4 Å². The average Bonchev–Trinajstić information content (AvgIpc) is 2.09. The molecule has 0 aliphatic carbocycles. The van der Waals surface area contributed by atoms with E-state index in [0.717, 1.165) is 4.73 Å². The average molecular weight is 266 g/mol. The first-order valence-electron chi connectivity index (χ1n) is 4.24. The van der Waals surface area contributed by atoms with Gasteiger partial charge in [0.15, 0.2) is 0 Å². The minimum Gasteiger partial charge on any atom is -0.870 e. The molecule has 0 aliphatic rings. The Morgan fingerprint density at radius 2 is 2.06 bits per heavy atom. The van der Waals surface area contributed by atoms with Crippen LogP contribution >= 0.6 is 0 Å². The molecule has 0 fully saturated rings. The zero-order valence-electron chi connectivity index (χ0n) is 9.52. The molecule has 0 aromatic carbocycles. The molecule has 0 saturated heterocycles. The van der Waals surface area contributed by atoms with Crippen molar-refractivity contribution in [2.24, 2.45) is 0 Å². The van der Waals surface area contributed by atoms with Gasteiger partial charge in [0.1, 0.15) is 5.69 Å². The van der Waals surface area contributed by atoms with E-state index in [1.807, 2.05) is 0 Å². The monoisotopic (exact) mass is 266 g/mol. The van der Waals surface area contributed by atoms with Crippen LogP contribution in [0.3, 0.4) is 0 Å². The number of aryl methyl sites for hydroxylation is 1. The van der Waals surface area contributed by atoms with Crippen LogP contribution in [0.15, 0.2) is 6.07 Å². The number of anilines is 2. The summed E-state index contributed by atoms with van der Waals surface area (Å²) in [6.45, 7) is 1.57. The molecule has 0 radical (unpaired) electrons. The fourth-order valence-corrected chi connectivity index (χ4v) is 1.42. The fraction of sp³-hybridized carbons (Fsp3) is 0.429. The molecule has 0 atom stereocenters. The van der Waals surface area contributed by atoms with Crippen molar-refractivity contribution in [2.45, 2.75) is 6.92 Å². The van der Waals surface area contributed by atoms with Crippen LogP contribution < -0.4 is 19.6 Å². The highest BCUT2D eigenvalue weighted by Crippen LogP contribution is 2.08. The van der Waals surface area contributed by atoms with Gasteiger partial charge in [-0.1, -0.05) is 4.98 Å². The highest BCUT2D eigenvalue weighted by molar-refractivity contribution is 7.80. The van der Waals surface area contributed by atoms with Gasteiger partial charge in [0.25, 0.3) is 0 Å². The highest BCUT2D eigenvalue weighted by atomic mass is 32.3. The second-order valence-corrected chi connectivity index (χ2v) is 4.31. The summed E-state index contributed by atoms with van der Waals surface area (Å²) in [5, 5.41) is 0. The molecule has 1 aromatic rings. The summed E-state index contributed by atoms with van der Waals surface area (Å²) < 4.78 is 34.6. The summed E-state index contributed by atoms with van der Waals surface area (Å²) in [6, 6.07) is 1.56. The smallest absolute Gasteiger partial charge is 0.476 e. The first kappa shape index (κ1) is 15.3. The van der Waals surface area contributed by atoms with Crippen molar-refractivity contribution in [1.82, 2.24) is 4.98 Å². The Morgan fingerprint density at radius 3 is 2.41 bits per heavy atom. The third-order valence-corrected chi connectivity index (χ3v) is 2.06. The number of nitrogen functional groups attached to an aromatic ring is 1. The van der Waals surface area contributed by atoms with Crippen LogP contribution in [0, 0.1) is 6.92 Å². The Hall–Kier alpha value is -1.65. The molecule has 0 aliphatic heterocycles. The normalized spacial score (nSPS) is 10.6. The van der Waals surface area contributed by atoms with Crippen molar-refractivity contribution in [3.63, 3.8) is 0 Å². The van der Waals surface area contributed by atoms with Crippen molar-refractivity contribution in [1.29, 1.82) is 0 Å². The Labute approximate surface area is 98.7 Å². The minimum atomic E-state index is -4.63. The second kappa shape index (κ2) is 5.12. The Morgan fingerprint density at radius 1 is 1.53 bits per heavy atom. The molecule has 10 heteroatoms. The van der Waals surface area contributed by atoms with E-state index < -0.39 is 10.4 Å². The zero-order valence-corrected chi connectivity index (χ0v) is 10.3. The van der Waals surface area contributed by atoms with Gasteiger partial charge in [0.05, 0.1) is 0 Å². The second-order valence-electron chi connectivity index (χ2n) is 3.30. The van der Waals surface area contributed by atoms with Gasteiger partial charge in [-0.25, -0.2) is 4.28 Å². The molecule has 1 aromatic heterocycles. The standard InChI is InChI=1S/C7H12N4O4S.H2O/c1-5-4-6(10(2)3)9-7(8)11(5)15-16(12,13)14;/h4,8H,1-3H3,(H,12,13,14);1H2. The lowest BCUT2D eigenvalue weighted by molar-refractivity contribution is -0.851. The van der Waals surface area contributed by atoms with Crippen LogP contribution in [-0.4, -0.2) is 37.5 Å². The lowest BCUT2D eigenvalue weighted by Crippen LogP contribution is -2.51. The van der Waals surface area contributed by atoms with Gasteiger partial charge >= 0.3 is 16.3 Å². The summed E-state index contributed by atoms with van der Waals surface area (Å²) in [7, 11) is -1.11. The summed E-state index contributed by atoms with van der Waals surface area (Å²) in [6.07, 6.45) is 0. The Bertz CT molecular complexity index is 478. The van der Waals surface area contributed by atoms with E-state index in [1.54, 1.807) is 32.0 Å². The van der Waals surface area contributed by atoms with Crippen LogP contribution in [0.4, 0.5) is 11.8 Å². The molecular weight excluding hydrogens is 252 g/mol. The summed E-state index contributed by atoms with van der Waals surface area (Å²) in [4.78, 5) is 5.58. The number of hydrogen-bond acceptors (Lipinski definition) is 7. The first-order valence-corrected chi connectivity index (χ1v) is 5.61. The molecule has 9 nitrogen and oxygen atoms in total. The van der Waals surface area contributed by atoms with Crippen molar-refractivity contribution in [3.05, 3.63) is 11.8 Å². The van der Waals surface area contributed by atoms with Crippen LogP contribution in [0.1, 0.15) is 5.69 Å². The molecule has 0 saturated carbocycles. The van der Waals surface area contributed by atoms with Gasteiger partial charge in [-0.3, -0.25) is 10.3 Å². The zero-order chi connectivity index (χ0) is 12.5. The largest absolute Gasteiger partial charge is 0.870 e. The molecule has 0 spiro atoms.